The summed E-state index contributed by atoms with van der Waals surface area (Å²) in [6.07, 6.45) is 14.3. The first kappa shape index (κ1) is 12.5. The van der Waals surface area contributed by atoms with Crippen molar-refractivity contribution >= 4 is 5.78 Å². The van der Waals surface area contributed by atoms with Crippen molar-refractivity contribution in [2.75, 3.05) is 0 Å². The summed E-state index contributed by atoms with van der Waals surface area (Å²) in [5.41, 5.74) is 1.11. The molecular weight excluding hydrogens is 184 g/mol. The average molecular weight is 208 g/mol. The Kier molecular flexibility index (Phi) is 6.38. The molecule has 0 unspecified atom stereocenters. The third-order valence-corrected chi connectivity index (χ3v) is 3.16. The monoisotopic (exact) mass is 208 g/mol. The number of rotatable bonds is 7. The summed E-state index contributed by atoms with van der Waals surface area (Å²) in [4.78, 5) is 11.3. The molecule has 0 atom stereocenters. The maximum Gasteiger partial charge on any atom is 0.158 e. The van der Waals surface area contributed by atoms with Crippen molar-refractivity contribution in [3.63, 3.8) is 0 Å². The molecule has 0 aromatic heterocycles. The van der Waals surface area contributed by atoms with Gasteiger partial charge in [-0.3, -0.25) is 4.79 Å². The van der Waals surface area contributed by atoms with E-state index in [-0.39, 0.29) is 0 Å². The fraction of sp³-hybridized carbons (Fsp3) is 0.786. The molecule has 1 rings (SSSR count). The number of ketones is 1. The van der Waals surface area contributed by atoms with Crippen molar-refractivity contribution in [1.29, 1.82) is 0 Å². The third kappa shape index (κ3) is 5.15. The lowest BCUT2D eigenvalue weighted by Gasteiger charge is -1.98. The normalized spacial score (nSPS) is 19.0. The van der Waals surface area contributed by atoms with E-state index in [4.69, 9.17) is 0 Å². The molecule has 0 aromatic carbocycles. The number of Topliss-reactive ketones (excluding diaryl/α,β-unsaturated/α-hetero) is 1. The minimum Gasteiger partial charge on any atom is -0.295 e. The van der Waals surface area contributed by atoms with E-state index in [9.17, 15) is 4.79 Å². The van der Waals surface area contributed by atoms with Crippen LogP contribution in [-0.2, 0) is 4.79 Å². The Labute approximate surface area is 93.9 Å². The molecule has 1 heteroatoms. The lowest BCUT2D eigenvalue weighted by molar-refractivity contribution is -0.114. The Morgan fingerprint density at radius 2 is 1.80 bits per heavy atom. The molecule has 86 valence electrons. The summed E-state index contributed by atoms with van der Waals surface area (Å²) in [6.45, 7) is 2.25. The topological polar surface area (TPSA) is 17.1 Å². The third-order valence-electron chi connectivity index (χ3n) is 3.16. The van der Waals surface area contributed by atoms with Gasteiger partial charge < -0.3 is 0 Å². The lowest BCUT2D eigenvalue weighted by atomic mass is 10.1. The Balaban J connectivity index is 1.98. The van der Waals surface area contributed by atoms with Gasteiger partial charge in [-0.05, 0) is 31.3 Å². The Hall–Kier alpha value is -0.590. The molecular formula is C14H24O. The zero-order valence-corrected chi connectivity index (χ0v) is 10.1. The van der Waals surface area contributed by atoms with Gasteiger partial charge in [0.15, 0.2) is 5.78 Å². The molecule has 1 fully saturated rings. The van der Waals surface area contributed by atoms with E-state index < -0.39 is 0 Å². The second-order valence-electron chi connectivity index (χ2n) is 4.56. The van der Waals surface area contributed by atoms with E-state index in [1.165, 1.54) is 38.5 Å². The first-order chi connectivity index (χ1) is 7.34. The molecule has 15 heavy (non-hydrogen) atoms. The molecule has 1 nitrogen and oxygen atoms in total. The van der Waals surface area contributed by atoms with Gasteiger partial charge in [-0.25, -0.2) is 0 Å². The van der Waals surface area contributed by atoms with Crippen LogP contribution < -0.4 is 0 Å². The molecule has 0 saturated heterocycles. The van der Waals surface area contributed by atoms with Crippen molar-refractivity contribution in [1.82, 2.24) is 0 Å². The molecule has 0 N–H and O–H groups in total. The zero-order valence-electron chi connectivity index (χ0n) is 10.1. The molecule has 0 radical (unpaired) electrons. The minimum atomic E-state index is 0.404. The summed E-state index contributed by atoms with van der Waals surface area (Å²) in [6, 6.07) is 0. The van der Waals surface area contributed by atoms with Gasteiger partial charge in [-0.15, -0.1) is 0 Å². The lowest BCUT2D eigenvalue weighted by Crippen LogP contribution is -1.90. The zero-order chi connectivity index (χ0) is 10.9. The highest BCUT2D eigenvalue weighted by Gasteiger charge is 2.15. The van der Waals surface area contributed by atoms with E-state index in [2.05, 4.69) is 13.0 Å². The summed E-state index contributed by atoms with van der Waals surface area (Å²) in [5, 5.41) is 0. The molecule has 0 heterocycles. The van der Waals surface area contributed by atoms with Gasteiger partial charge >= 0.3 is 0 Å². The van der Waals surface area contributed by atoms with Crippen LogP contribution in [0.15, 0.2) is 11.6 Å². The van der Waals surface area contributed by atoms with Gasteiger partial charge in [-0.1, -0.05) is 45.1 Å². The van der Waals surface area contributed by atoms with Crippen LogP contribution in [0.5, 0.6) is 0 Å². The molecule has 0 spiro atoms. The maximum atomic E-state index is 11.3. The van der Waals surface area contributed by atoms with Crippen LogP contribution in [0, 0.1) is 0 Å². The van der Waals surface area contributed by atoms with Gasteiger partial charge in [0.2, 0.25) is 0 Å². The molecule has 0 amide bonds. The first-order valence-corrected chi connectivity index (χ1v) is 6.57. The van der Waals surface area contributed by atoms with Crippen LogP contribution >= 0.6 is 0 Å². The standard InChI is InChI=1S/C14H24O/c1-2-3-4-5-6-7-8-10-13-11-9-12-14(13)15/h10H,2-9,11-12H2,1H3. The number of hydrogen-bond acceptors (Lipinski definition) is 1. The van der Waals surface area contributed by atoms with E-state index in [0.717, 1.165) is 31.3 Å². The molecule has 0 aliphatic heterocycles. The van der Waals surface area contributed by atoms with Gasteiger partial charge in [0, 0.05) is 6.42 Å². The number of unbranched alkanes of at least 4 members (excludes halogenated alkanes) is 6. The van der Waals surface area contributed by atoms with Crippen LogP contribution in [0.25, 0.3) is 0 Å². The van der Waals surface area contributed by atoms with Crippen LogP contribution in [0.3, 0.4) is 0 Å². The number of carbonyl (C=O) groups is 1. The van der Waals surface area contributed by atoms with Crippen molar-refractivity contribution in [2.45, 2.75) is 71.1 Å². The first-order valence-electron chi connectivity index (χ1n) is 6.57. The van der Waals surface area contributed by atoms with E-state index in [1.807, 2.05) is 0 Å². The molecule has 1 aliphatic carbocycles. The molecule has 0 bridgehead atoms. The summed E-state index contributed by atoms with van der Waals surface area (Å²) in [5.74, 6) is 0.404. The quantitative estimate of drug-likeness (QED) is 0.447. The fourth-order valence-corrected chi connectivity index (χ4v) is 2.16. The van der Waals surface area contributed by atoms with Crippen LogP contribution in [-0.4, -0.2) is 5.78 Å². The second kappa shape index (κ2) is 7.67. The average Bonchev–Trinajstić information content (AvgIpc) is 2.63. The predicted molar refractivity (Wildman–Crippen MR) is 64.9 cm³/mol. The Morgan fingerprint density at radius 1 is 1.07 bits per heavy atom. The minimum absolute atomic E-state index is 0.404. The van der Waals surface area contributed by atoms with Crippen LogP contribution in [0.1, 0.15) is 71.1 Å². The highest BCUT2D eigenvalue weighted by atomic mass is 16.1. The van der Waals surface area contributed by atoms with E-state index in [0.29, 0.717) is 5.78 Å². The fourth-order valence-electron chi connectivity index (χ4n) is 2.16. The van der Waals surface area contributed by atoms with E-state index >= 15 is 0 Å². The van der Waals surface area contributed by atoms with E-state index in [1.54, 1.807) is 0 Å². The molecule has 0 aromatic rings. The van der Waals surface area contributed by atoms with Gasteiger partial charge in [0.1, 0.15) is 0 Å². The van der Waals surface area contributed by atoms with Gasteiger partial charge in [-0.2, -0.15) is 0 Å². The summed E-state index contributed by atoms with van der Waals surface area (Å²) >= 11 is 0. The number of carbonyl (C=O) groups excluding carboxylic acids is 1. The predicted octanol–water partition coefficient (Wildman–Crippen LogP) is 4.42. The smallest absolute Gasteiger partial charge is 0.158 e. The van der Waals surface area contributed by atoms with Gasteiger partial charge in [0.05, 0.1) is 0 Å². The van der Waals surface area contributed by atoms with Crippen LogP contribution in [0.4, 0.5) is 0 Å². The second-order valence-corrected chi connectivity index (χ2v) is 4.56. The maximum absolute atomic E-state index is 11.3. The highest BCUT2D eigenvalue weighted by molar-refractivity contribution is 5.97. The summed E-state index contributed by atoms with van der Waals surface area (Å²) < 4.78 is 0. The van der Waals surface area contributed by atoms with Gasteiger partial charge in [0.25, 0.3) is 0 Å². The molecule has 1 saturated carbocycles. The van der Waals surface area contributed by atoms with Crippen LogP contribution in [0.2, 0.25) is 0 Å². The largest absolute Gasteiger partial charge is 0.295 e. The Morgan fingerprint density at radius 3 is 2.47 bits per heavy atom. The van der Waals surface area contributed by atoms with Crippen molar-refractivity contribution < 1.29 is 4.79 Å². The van der Waals surface area contributed by atoms with Crippen molar-refractivity contribution in [3.8, 4) is 0 Å². The van der Waals surface area contributed by atoms with Crippen molar-refractivity contribution in [2.24, 2.45) is 0 Å². The van der Waals surface area contributed by atoms with Crippen molar-refractivity contribution in [3.05, 3.63) is 11.6 Å². The SMILES string of the molecule is CCCCCCCCC=C1CCCC1=O. The summed E-state index contributed by atoms with van der Waals surface area (Å²) in [7, 11) is 0. The number of hydrogen-bond donors (Lipinski definition) is 0. The number of allylic oxidation sites excluding steroid dienone is 2. The Bertz CT molecular complexity index is 215. The molecule has 1 aliphatic rings. The highest BCUT2D eigenvalue weighted by Crippen LogP contribution is 2.21.